The van der Waals surface area contributed by atoms with E-state index in [9.17, 15) is 27.9 Å². The van der Waals surface area contributed by atoms with Gasteiger partial charge in [-0.05, 0) is 24.3 Å². The molecule has 23 heavy (non-hydrogen) atoms. The lowest BCUT2D eigenvalue weighted by Gasteiger charge is -2.20. The third-order valence-electron chi connectivity index (χ3n) is 3.34. The van der Waals surface area contributed by atoms with Crippen LogP contribution in [0.25, 0.3) is 0 Å². The molecule has 1 saturated heterocycles. The third kappa shape index (κ3) is 4.67. The van der Waals surface area contributed by atoms with Crippen LogP contribution >= 0.6 is 0 Å². The Labute approximate surface area is 129 Å². The third-order valence-corrected chi connectivity index (χ3v) is 3.34. The summed E-state index contributed by atoms with van der Waals surface area (Å²) in [5.41, 5.74) is -2.01. The number of aliphatic hydroxyl groups is 1. The van der Waals surface area contributed by atoms with E-state index in [1.165, 1.54) is 0 Å². The second-order valence-corrected chi connectivity index (χ2v) is 5.24. The molecule has 0 saturated carbocycles. The molecular weight excluding hydrogens is 317 g/mol. The quantitative estimate of drug-likeness (QED) is 0.718. The van der Waals surface area contributed by atoms with E-state index in [-0.39, 0.29) is 18.8 Å². The van der Waals surface area contributed by atoms with E-state index in [0.29, 0.717) is 13.0 Å². The van der Waals surface area contributed by atoms with Crippen LogP contribution in [0, 0.1) is 0 Å². The van der Waals surface area contributed by atoms with Crippen molar-refractivity contribution in [3.8, 4) is 0 Å². The first-order valence-corrected chi connectivity index (χ1v) is 6.76. The van der Waals surface area contributed by atoms with Crippen molar-refractivity contribution in [2.75, 3.05) is 25.1 Å². The summed E-state index contributed by atoms with van der Waals surface area (Å²) in [7, 11) is 0. The van der Waals surface area contributed by atoms with Gasteiger partial charge in [-0.15, -0.1) is 0 Å². The molecule has 1 atom stereocenters. The number of hydrogen-bond donors (Lipinski definition) is 3. The summed E-state index contributed by atoms with van der Waals surface area (Å²) in [5.74, 6) is -2.03. The maximum Gasteiger partial charge on any atom is 0.416 e. The summed E-state index contributed by atoms with van der Waals surface area (Å²) in [4.78, 5) is 23.3. The molecular formula is C14H15F3N2O4. The molecule has 0 aromatic heterocycles. The first-order valence-electron chi connectivity index (χ1n) is 6.76. The Hall–Kier alpha value is -2.13. The molecule has 0 spiro atoms. The van der Waals surface area contributed by atoms with Gasteiger partial charge in [-0.25, -0.2) is 0 Å². The second kappa shape index (κ2) is 6.55. The lowest BCUT2D eigenvalue weighted by atomic mass is 10.0. The Balaban J connectivity index is 1.87. The van der Waals surface area contributed by atoms with Crippen molar-refractivity contribution in [3.63, 3.8) is 0 Å². The number of carbonyl (C=O) groups is 2. The van der Waals surface area contributed by atoms with Gasteiger partial charge in [0.2, 0.25) is 0 Å². The normalized spacial score (nSPS) is 21.0. The fraction of sp³-hybridized carbons (Fsp3) is 0.429. The van der Waals surface area contributed by atoms with Gasteiger partial charge in [-0.1, -0.05) is 0 Å². The molecule has 0 unspecified atom stereocenters. The number of benzene rings is 1. The van der Waals surface area contributed by atoms with Crippen LogP contribution in [0.2, 0.25) is 0 Å². The van der Waals surface area contributed by atoms with Crippen molar-refractivity contribution < 1.29 is 32.6 Å². The Morgan fingerprint density at radius 3 is 2.39 bits per heavy atom. The summed E-state index contributed by atoms with van der Waals surface area (Å²) in [6, 6.07) is 3.69. The number of carbonyl (C=O) groups excluding carboxylic acids is 2. The summed E-state index contributed by atoms with van der Waals surface area (Å²) in [6.45, 7) is 0.282. The fourth-order valence-electron chi connectivity index (χ4n) is 1.99. The molecule has 1 aliphatic heterocycles. The standard InChI is InChI=1S/C14H15F3N2O4/c15-14(16,17)9-1-3-10(4-2-9)19-12(21)11(20)18-7-13(22)5-6-23-8-13/h1-4,22H,5-8H2,(H,18,20)(H,19,21)/t13-/m0/s1. The molecule has 6 nitrogen and oxygen atoms in total. The summed E-state index contributed by atoms with van der Waals surface area (Å²) < 4.78 is 42.2. The highest BCUT2D eigenvalue weighted by molar-refractivity contribution is 6.39. The van der Waals surface area contributed by atoms with E-state index in [4.69, 9.17) is 4.74 Å². The number of alkyl halides is 3. The highest BCUT2D eigenvalue weighted by Gasteiger charge is 2.33. The fourth-order valence-corrected chi connectivity index (χ4v) is 1.99. The van der Waals surface area contributed by atoms with Crippen LogP contribution in [0.15, 0.2) is 24.3 Å². The molecule has 3 N–H and O–H groups in total. The SMILES string of the molecule is O=C(NC[C@@]1(O)CCOC1)C(=O)Nc1ccc(C(F)(F)F)cc1. The van der Waals surface area contributed by atoms with Gasteiger partial charge in [0.05, 0.1) is 12.2 Å². The topological polar surface area (TPSA) is 87.7 Å². The van der Waals surface area contributed by atoms with Crippen LogP contribution < -0.4 is 10.6 Å². The molecule has 2 amide bonds. The largest absolute Gasteiger partial charge is 0.416 e. The van der Waals surface area contributed by atoms with Crippen LogP contribution in [0.4, 0.5) is 18.9 Å². The first-order chi connectivity index (χ1) is 10.7. The van der Waals surface area contributed by atoms with Crippen molar-refractivity contribution in [2.45, 2.75) is 18.2 Å². The molecule has 0 radical (unpaired) electrons. The van der Waals surface area contributed by atoms with E-state index >= 15 is 0 Å². The van der Waals surface area contributed by atoms with Gasteiger partial charge in [-0.3, -0.25) is 9.59 Å². The van der Waals surface area contributed by atoms with Crippen LogP contribution in [0.1, 0.15) is 12.0 Å². The summed E-state index contributed by atoms with van der Waals surface area (Å²) in [6.07, 6.45) is -4.13. The van der Waals surface area contributed by atoms with Gasteiger partial charge in [0, 0.05) is 25.3 Å². The smallest absolute Gasteiger partial charge is 0.386 e. The number of halogens is 3. The summed E-state index contributed by atoms with van der Waals surface area (Å²) >= 11 is 0. The summed E-state index contributed by atoms with van der Waals surface area (Å²) in [5, 5.41) is 14.4. The molecule has 1 aromatic carbocycles. The minimum atomic E-state index is -4.47. The first kappa shape index (κ1) is 17.2. The Morgan fingerprint density at radius 2 is 1.87 bits per heavy atom. The van der Waals surface area contributed by atoms with Gasteiger partial charge in [0.15, 0.2) is 0 Å². The predicted octanol–water partition coefficient (Wildman–Crippen LogP) is 0.911. The van der Waals surface area contributed by atoms with Gasteiger partial charge < -0.3 is 20.5 Å². The molecule has 1 aromatic rings. The highest BCUT2D eigenvalue weighted by Crippen LogP contribution is 2.29. The van der Waals surface area contributed by atoms with Crippen molar-refractivity contribution in [2.24, 2.45) is 0 Å². The van der Waals surface area contributed by atoms with E-state index in [2.05, 4.69) is 10.6 Å². The van der Waals surface area contributed by atoms with Crippen LogP contribution in [0.3, 0.4) is 0 Å². The zero-order valence-corrected chi connectivity index (χ0v) is 11.9. The minimum Gasteiger partial charge on any atom is -0.386 e. The molecule has 1 heterocycles. The molecule has 0 bridgehead atoms. The van der Waals surface area contributed by atoms with E-state index in [0.717, 1.165) is 24.3 Å². The molecule has 9 heteroatoms. The zero-order valence-electron chi connectivity index (χ0n) is 11.9. The molecule has 2 rings (SSSR count). The maximum absolute atomic E-state index is 12.4. The van der Waals surface area contributed by atoms with Gasteiger partial charge in [-0.2, -0.15) is 13.2 Å². The van der Waals surface area contributed by atoms with Crippen LogP contribution in [0.5, 0.6) is 0 Å². The average Bonchev–Trinajstić information content (AvgIpc) is 2.91. The minimum absolute atomic E-state index is 0.0565. The van der Waals surface area contributed by atoms with E-state index in [1.54, 1.807) is 0 Å². The maximum atomic E-state index is 12.4. The van der Waals surface area contributed by atoms with Gasteiger partial charge in [0.25, 0.3) is 0 Å². The number of rotatable bonds is 3. The molecule has 126 valence electrons. The van der Waals surface area contributed by atoms with E-state index in [1.807, 2.05) is 0 Å². The van der Waals surface area contributed by atoms with E-state index < -0.39 is 29.2 Å². The van der Waals surface area contributed by atoms with Gasteiger partial charge >= 0.3 is 18.0 Å². The number of amides is 2. The zero-order chi connectivity index (χ0) is 17.1. The average molecular weight is 332 g/mol. The second-order valence-electron chi connectivity index (χ2n) is 5.24. The molecule has 0 aliphatic carbocycles. The van der Waals surface area contributed by atoms with Crippen molar-refractivity contribution in [1.29, 1.82) is 0 Å². The van der Waals surface area contributed by atoms with Crippen LogP contribution in [-0.4, -0.2) is 42.3 Å². The van der Waals surface area contributed by atoms with Crippen molar-refractivity contribution in [1.82, 2.24) is 5.32 Å². The lowest BCUT2D eigenvalue weighted by Crippen LogP contribution is -2.46. The monoisotopic (exact) mass is 332 g/mol. The Morgan fingerprint density at radius 1 is 1.22 bits per heavy atom. The number of ether oxygens (including phenoxy) is 1. The predicted molar refractivity (Wildman–Crippen MR) is 73.5 cm³/mol. The van der Waals surface area contributed by atoms with Crippen LogP contribution in [-0.2, 0) is 20.5 Å². The Kier molecular flexibility index (Phi) is 4.90. The van der Waals surface area contributed by atoms with Gasteiger partial charge in [0.1, 0.15) is 5.60 Å². The molecule has 1 aliphatic rings. The van der Waals surface area contributed by atoms with Crippen molar-refractivity contribution >= 4 is 17.5 Å². The number of hydrogen-bond acceptors (Lipinski definition) is 4. The van der Waals surface area contributed by atoms with Crippen molar-refractivity contribution in [3.05, 3.63) is 29.8 Å². The lowest BCUT2D eigenvalue weighted by molar-refractivity contribution is -0.137. The Bertz CT molecular complexity index is 581. The highest BCUT2D eigenvalue weighted by atomic mass is 19.4. The molecule has 1 fully saturated rings. The number of nitrogens with one attached hydrogen (secondary N) is 2. The number of anilines is 1.